The highest BCUT2D eigenvalue weighted by molar-refractivity contribution is 5.24. The number of rotatable bonds is 9. The number of aryl methyl sites for hydroxylation is 1. The summed E-state index contributed by atoms with van der Waals surface area (Å²) in [6, 6.07) is 9.17. The highest BCUT2D eigenvalue weighted by atomic mass is 14.0. The first-order valence-electron chi connectivity index (χ1n) is 7.59. The van der Waals surface area contributed by atoms with Gasteiger partial charge in [-0.25, -0.2) is 0 Å². The molecule has 0 nitrogen and oxygen atoms in total. The standard InChI is InChI=1S/C18H28/c1-3-5-7-9-11-17-13-15-18(16-14-17)12-10-8-6-4-2/h7,9,13-16H,3-6,8,10-12H2,1-2H3/b9-7+. The minimum Gasteiger partial charge on any atom is -0.0882 e. The number of allylic oxidation sites excluding steroid dienone is 2. The zero-order valence-electron chi connectivity index (χ0n) is 12.1. The smallest absolute Gasteiger partial charge is 0.00975 e. The van der Waals surface area contributed by atoms with Crippen molar-refractivity contribution >= 4 is 0 Å². The second-order valence-electron chi connectivity index (χ2n) is 5.09. The average Bonchev–Trinajstić information content (AvgIpc) is 2.41. The third-order valence-corrected chi connectivity index (χ3v) is 3.32. The van der Waals surface area contributed by atoms with E-state index >= 15 is 0 Å². The minimum absolute atomic E-state index is 1.08. The Hall–Kier alpha value is -1.04. The maximum atomic E-state index is 2.30. The molecular weight excluding hydrogens is 216 g/mol. The molecule has 1 aromatic rings. The lowest BCUT2D eigenvalue weighted by Gasteiger charge is -2.03. The molecule has 0 amide bonds. The van der Waals surface area contributed by atoms with Crippen molar-refractivity contribution in [1.29, 1.82) is 0 Å². The van der Waals surface area contributed by atoms with Crippen LogP contribution in [-0.2, 0) is 12.8 Å². The molecule has 0 aliphatic carbocycles. The number of hydrogen-bond donors (Lipinski definition) is 0. The minimum atomic E-state index is 1.08. The zero-order chi connectivity index (χ0) is 13.1. The van der Waals surface area contributed by atoms with Crippen molar-refractivity contribution < 1.29 is 0 Å². The topological polar surface area (TPSA) is 0 Å². The summed E-state index contributed by atoms with van der Waals surface area (Å²) in [4.78, 5) is 0. The molecular formula is C18H28. The van der Waals surface area contributed by atoms with E-state index in [1.54, 1.807) is 0 Å². The van der Waals surface area contributed by atoms with Gasteiger partial charge in [-0.1, -0.05) is 75.9 Å². The van der Waals surface area contributed by atoms with Gasteiger partial charge in [-0.2, -0.15) is 0 Å². The van der Waals surface area contributed by atoms with Gasteiger partial charge in [-0.15, -0.1) is 0 Å². The molecule has 0 aromatic heterocycles. The van der Waals surface area contributed by atoms with Gasteiger partial charge in [0.05, 0.1) is 0 Å². The molecule has 0 bridgehead atoms. The molecule has 0 radical (unpaired) electrons. The Balaban J connectivity index is 2.28. The molecule has 0 fully saturated rings. The van der Waals surface area contributed by atoms with Crippen molar-refractivity contribution in [2.24, 2.45) is 0 Å². The number of unbranched alkanes of at least 4 members (excludes halogenated alkanes) is 4. The summed E-state index contributed by atoms with van der Waals surface area (Å²) in [6.07, 6.45) is 14.8. The quantitative estimate of drug-likeness (QED) is 0.385. The Bertz CT molecular complexity index is 318. The van der Waals surface area contributed by atoms with Crippen molar-refractivity contribution in [3.05, 3.63) is 47.5 Å². The molecule has 18 heavy (non-hydrogen) atoms. The second-order valence-corrected chi connectivity index (χ2v) is 5.09. The van der Waals surface area contributed by atoms with Crippen LogP contribution < -0.4 is 0 Å². The molecule has 0 saturated carbocycles. The lowest BCUT2D eigenvalue weighted by Crippen LogP contribution is -1.87. The molecule has 0 aliphatic heterocycles. The Morgan fingerprint density at radius 2 is 1.50 bits per heavy atom. The van der Waals surface area contributed by atoms with Gasteiger partial charge in [0.1, 0.15) is 0 Å². The first-order valence-corrected chi connectivity index (χ1v) is 7.59. The van der Waals surface area contributed by atoms with Crippen LogP contribution in [0.5, 0.6) is 0 Å². The fraction of sp³-hybridized carbons (Fsp3) is 0.556. The monoisotopic (exact) mass is 244 g/mol. The fourth-order valence-corrected chi connectivity index (χ4v) is 2.10. The van der Waals surface area contributed by atoms with E-state index < -0.39 is 0 Å². The van der Waals surface area contributed by atoms with Crippen molar-refractivity contribution in [1.82, 2.24) is 0 Å². The van der Waals surface area contributed by atoms with Crippen LogP contribution in [0.25, 0.3) is 0 Å². The Labute approximate surface area is 113 Å². The Morgan fingerprint density at radius 1 is 0.778 bits per heavy atom. The van der Waals surface area contributed by atoms with Crippen LogP contribution >= 0.6 is 0 Å². The van der Waals surface area contributed by atoms with Gasteiger partial charge in [0.15, 0.2) is 0 Å². The number of benzene rings is 1. The highest BCUT2D eigenvalue weighted by Crippen LogP contribution is 2.10. The van der Waals surface area contributed by atoms with E-state index in [1.807, 2.05) is 0 Å². The van der Waals surface area contributed by atoms with Crippen LogP contribution in [0.4, 0.5) is 0 Å². The lowest BCUT2D eigenvalue weighted by molar-refractivity contribution is 0.667. The zero-order valence-corrected chi connectivity index (χ0v) is 12.1. The molecule has 0 spiro atoms. The van der Waals surface area contributed by atoms with E-state index in [-0.39, 0.29) is 0 Å². The van der Waals surface area contributed by atoms with Crippen LogP contribution in [0.2, 0.25) is 0 Å². The molecule has 0 heteroatoms. The summed E-state index contributed by atoms with van der Waals surface area (Å²) < 4.78 is 0. The summed E-state index contributed by atoms with van der Waals surface area (Å²) in [5.41, 5.74) is 2.92. The normalized spacial score (nSPS) is 11.2. The largest absolute Gasteiger partial charge is 0.0882 e. The van der Waals surface area contributed by atoms with Crippen molar-refractivity contribution in [2.45, 2.75) is 65.2 Å². The van der Waals surface area contributed by atoms with E-state index in [0.29, 0.717) is 0 Å². The summed E-state index contributed by atoms with van der Waals surface area (Å²) in [7, 11) is 0. The van der Waals surface area contributed by atoms with E-state index in [1.165, 1.54) is 56.1 Å². The molecule has 0 saturated heterocycles. The van der Waals surface area contributed by atoms with Crippen LogP contribution in [0.15, 0.2) is 36.4 Å². The fourth-order valence-electron chi connectivity index (χ4n) is 2.10. The van der Waals surface area contributed by atoms with Gasteiger partial charge in [-0.3, -0.25) is 0 Å². The molecule has 0 heterocycles. The lowest BCUT2D eigenvalue weighted by atomic mass is 10.0. The molecule has 0 aliphatic rings. The highest BCUT2D eigenvalue weighted by Gasteiger charge is 1.94. The predicted molar refractivity (Wildman–Crippen MR) is 82.0 cm³/mol. The first-order chi connectivity index (χ1) is 8.86. The predicted octanol–water partition coefficient (Wildman–Crippen LogP) is 5.71. The van der Waals surface area contributed by atoms with Gasteiger partial charge in [-0.05, 0) is 36.8 Å². The Morgan fingerprint density at radius 3 is 2.17 bits per heavy atom. The van der Waals surface area contributed by atoms with Crippen LogP contribution in [0, 0.1) is 0 Å². The SMILES string of the molecule is CCC/C=C/Cc1ccc(CCCCCC)cc1. The summed E-state index contributed by atoms with van der Waals surface area (Å²) >= 11 is 0. The van der Waals surface area contributed by atoms with Crippen molar-refractivity contribution in [3.8, 4) is 0 Å². The molecule has 0 N–H and O–H groups in total. The van der Waals surface area contributed by atoms with Gasteiger partial charge in [0, 0.05) is 0 Å². The third kappa shape index (κ3) is 6.64. The second kappa shape index (κ2) is 9.94. The van der Waals surface area contributed by atoms with E-state index in [0.717, 1.165) is 6.42 Å². The summed E-state index contributed by atoms with van der Waals surface area (Å²) in [6.45, 7) is 4.48. The van der Waals surface area contributed by atoms with Gasteiger partial charge in [0.2, 0.25) is 0 Å². The van der Waals surface area contributed by atoms with E-state index in [4.69, 9.17) is 0 Å². The number of hydrogen-bond acceptors (Lipinski definition) is 0. The van der Waals surface area contributed by atoms with Crippen LogP contribution in [-0.4, -0.2) is 0 Å². The van der Waals surface area contributed by atoms with Gasteiger partial charge < -0.3 is 0 Å². The van der Waals surface area contributed by atoms with E-state index in [9.17, 15) is 0 Å². The summed E-state index contributed by atoms with van der Waals surface area (Å²) in [5, 5.41) is 0. The van der Waals surface area contributed by atoms with E-state index in [2.05, 4.69) is 50.3 Å². The maximum absolute atomic E-state index is 2.30. The summed E-state index contributed by atoms with van der Waals surface area (Å²) in [5.74, 6) is 0. The average molecular weight is 244 g/mol. The first kappa shape index (κ1) is 15.0. The third-order valence-electron chi connectivity index (χ3n) is 3.32. The Kier molecular flexibility index (Phi) is 8.29. The van der Waals surface area contributed by atoms with Crippen LogP contribution in [0.3, 0.4) is 0 Å². The molecule has 100 valence electrons. The molecule has 1 rings (SSSR count). The van der Waals surface area contributed by atoms with Crippen molar-refractivity contribution in [3.63, 3.8) is 0 Å². The van der Waals surface area contributed by atoms with Gasteiger partial charge in [0.25, 0.3) is 0 Å². The molecule has 0 unspecified atom stereocenters. The van der Waals surface area contributed by atoms with Gasteiger partial charge >= 0.3 is 0 Å². The maximum Gasteiger partial charge on any atom is -0.00975 e. The van der Waals surface area contributed by atoms with Crippen LogP contribution in [0.1, 0.15) is 63.5 Å². The molecule has 1 aromatic carbocycles. The molecule has 0 atom stereocenters. The van der Waals surface area contributed by atoms with Crippen molar-refractivity contribution in [2.75, 3.05) is 0 Å².